The zero-order valence-corrected chi connectivity index (χ0v) is 44.8. The van der Waals surface area contributed by atoms with Gasteiger partial charge in [-0.15, -0.1) is 0 Å². The van der Waals surface area contributed by atoms with Gasteiger partial charge in [-0.05, 0) is 38.5 Å². The Labute approximate surface area is 456 Å². The Morgan fingerprint density at radius 3 is 1.06 bits per heavy atom. The van der Waals surface area contributed by atoms with E-state index in [9.17, 15) is 81.5 Å². The number of imide groups is 6. The molecule has 30 nitrogen and oxygen atoms in total. The first-order valence-corrected chi connectivity index (χ1v) is 28.3. The summed E-state index contributed by atoms with van der Waals surface area (Å²) < 4.78 is 32.5. The fraction of sp³-hybridized carbons (Fsp3) is 0.625. The second-order valence-electron chi connectivity index (χ2n) is 19.8. The molecule has 32 heteroatoms. The molecule has 12 amide bonds. The molecule has 0 aromatic carbocycles. The Morgan fingerprint density at radius 1 is 0.388 bits per heavy atom. The number of likely N-dealkylation sites (tertiary alicyclic amines) is 6. The van der Waals surface area contributed by atoms with Crippen molar-refractivity contribution >= 4 is 124 Å². The molecule has 2 unspecified atom stereocenters. The van der Waals surface area contributed by atoms with Crippen LogP contribution in [0, 0.1) is 0 Å². The van der Waals surface area contributed by atoms with Crippen LogP contribution in [0.1, 0.15) is 173 Å². The van der Waals surface area contributed by atoms with Crippen LogP contribution in [-0.4, -0.2) is 153 Å². The predicted octanol–water partition coefficient (Wildman–Crippen LogP) is 1.56. The number of carbonyl (C=O) groups is 18. The molecule has 80 heavy (non-hydrogen) atoms. The largest absolute Gasteiger partial charge is 0.537 e. The number of unbranched alkanes of at least 4 members (excludes halogenated alkanes) is 2. The third-order valence-electron chi connectivity index (χ3n) is 14.7. The summed E-state index contributed by atoms with van der Waals surface area (Å²) in [7, 11) is -7.15. The van der Waals surface area contributed by atoms with Gasteiger partial charge in [-0.1, -0.05) is 19.3 Å². The zero-order chi connectivity index (χ0) is 57.8. The van der Waals surface area contributed by atoms with Gasteiger partial charge in [0.1, 0.15) is 0 Å². The molecule has 0 aromatic rings. The molecule has 430 valence electrons. The SMILES string of the molecule is O=C1CCCCCC(N2C(=O)CCC2=O)(N2C(=O)CCC2=O)C(=O)OP(OC(=O)CCCCCC(C(=O)OP2OC(=O)CCCCCC(N3C(=O)CCC3=O)(N3C(=O)CCC3=O)C(=O)O2)(N2C(=O)CCC2=O)N2C(=O)CCC2=O)O1. The molecule has 0 radical (unpaired) electrons. The van der Waals surface area contributed by atoms with Crippen LogP contribution >= 0.6 is 17.2 Å². The average molecular weight is 1160 g/mol. The molecule has 0 aliphatic carbocycles. The summed E-state index contributed by atoms with van der Waals surface area (Å²) in [4.78, 5) is 248. The Bertz CT molecular complexity index is 2580. The number of amides is 12. The number of nitrogens with zero attached hydrogens (tertiary/aromatic N) is 6. The Balaban J connectivity index is 1.04. The van der Waals surface area contributed by atoms with Crippen molar-refractivity contribution in [2.75, 3.05) is 0 Å². The minimum absolute atomic E-state index is 0.00675. The maximum absolute atomic E-state index is 15.1. The van der Waals surface area contributed by atoms with E-state index in [1.54, 1.807) is 0 Å². The van der Waals surface area contributed by atoms with Crippen LogP contribution < -0.4 is 0 Å². The van der Waals surface area contributed by atoms with Crippen LogP contribution in [-0.2, 0) is 113 Å². The van der Waals surface area contributed by atoms with Gasteiger partial charge >= 0.3 is 53.0 Å². The third-order valence-corrected chi connectivity index (χ3v) is 16.7. The lowest BCUT2D eigenvalue weighted by molar-refractivity contribution is -0.185. The van der Waals surface area contributed by atoms with Gasteiger partial charge in [-0.3, -0.25) is 71.9 Å². The van der Waals surface area contributed by atoms with Gasteiger partial charge in [0.05, 0.1) is 0 Å². The fourth-order valence-electron chi connectivity index (χ4n) is 11.1. The van der Waals surface area contributed by atoms with Crippen LogP contribution in [0.5, 0.6) is 0 Å². The predicted molar refractivity (Wildman–Crippen MR) is 254 cm³/mol. The first kappa shape index (κ1) is 58.7. The van der Waals surface area contributed by atoms with E-state index < -0.39 is 224 Å². The van der Waals surface area contributed by atoms with Crippen molar-refractivity contribution in [2.24, 2.45) is 0 Å². The van der Waals surface area contributed by atoms with E-state index in [2.05, 4.69) is 0 Å². The van der Waals surface area contributed by atoms with E-state index in [0.717, 1.165) is 0 Å². The van der Waals surface area contributed by atoms with Crippen LogP contribution in [0.3, 0.4) is 0 Å². The minimum atomic E-state index is -3.79. The molecule has 0 bridgehead atoms. The molecule has 2 atom stereocenters. The third kappa shape index (κ3) is 11.1. The summed E-state index contributed by atoms with van der Waals surface area (Å²) in [6.07, 6.45) is -9.07. The lowest BCUT2D eigenvalue weighted by Gasteiger charge is -2.44. The highest BCUT2D eigenvalue weighted by atomic mass is 31.2. The highest BCUT2D eigenvalue weighted by Crippen LogP contribution is 2.50. The second kappa shape index (κ2) is 24.1. The van der Waals surface area contributed by atoms with Gasteiger partial charge in [-0.25, -0.2) is 43.8 Å². The molecule has 0 saturated carbocycles. The van der Waals surface area contributed by atoms with Gasteiger partial charge in [0.25, 0.3) is 0 Å². The van der Waals surface area contributed by atoms with Crippen LogP contribution in [0.15, 0.2) is 0 Å². The summed E-state index contributed by atoms with van der Waals surface area (Å²) in [6.45, 7) is 0. The van der Waals surface area contributed by atoms with Crippen LogP contribution in [0.25, 0.3) is 0 Å². The average Bonchev–Trinajstić information content (AvgIpc) is 4.36. The molecule has 8 rings (SSSR count). The summed E-state index contributed by atoms with van der Waals surface area (Å²) in [5.74, 6) is -20.3. The standard InChI is InChI=1S/C48H54N6O24P2/c55-28-13-14-29(56)49(28)46(50-30(57)15-16-31(50)58)25-7-1-4-10-40(67)73-79(76-43(46)70)74-41(68)11-5-2-8-26-47(51-32(59)17-18-33(51)60,52-34(61)19-20-35(52)62)44(71)77-80-75-42(69)12-6-3-9-27-48(45(72)78-80,53-36(63)21-22-37(53)64)54-38(65)23-24-39(54)66/h1-27H2. The van der Waals surface area contributed by atoms with E-state index >= 15 is 4.79 Å². The maximum atomic E-state index is 15.1. The second-order valence-corrected chi connectivity index (χ2v) is 21.8. The van der Waals surface area contributed by atoms with Gasteiger partial charge in [-0.2, -0.15) is 0 Å². The zero-order valence-electron chi connectivity index (χ0n) is 43.0. The van der Waals surface area contributed by atoms with Crippen molar-refractivity contribution in [1.82, 2.24) is 29.4 Å². The van der Waals surface area contributed by atoms with E-state index in [1.807, 2.05) is 0 Å². The number of hydrogen-bond acceptors (Lipinski definition) is 24. The molecular formula is C48H54N6O24P2. The Hall–Kier alpha value is -7.48. The summed E-state index contributed by atoms with van der Waals surface area (Å²) in [5.41, 5.74) is -8.52. The lowest BCUT2D eigenvalue weighted by atomic mass is 9.96. The quantitative estimate of drug-likeness (QED) is 0.127. The monoisotopic (exact) mass is 1160 g/mol. The number of carbonyl (C=O) groups excluding carboxylic acids is 18. The molecule has 8 heterocycles. The van der Waals surface area contributed by atoms with Crippen molar-refractivity contribution < 1.29 is 113 Å². The highest BCUT2D eigenvalue weighted by Gasteiger charge is 2.66. The fourth-order valence-corrected chi connectivity index (χ4v) is 13.0. The van der Waals surface area contributed by atoms with Crippen molar-refractivity contribution in [3.05, 3.63) is 0 Å². The summed E-state index contributed by atoms with van der Waals surface area (Å²) in [6, 6.07) is 0. The molecule has 8 saturated heterocycles. The normalized spacial score (nSPS) is 24.9. The molecule has 0 aromatic heterocycles. The maximum Gasteiger partial charge on any atom is 0.537 e. The Morgan fingerprint density at radius 2 is 0.713 bits per heavy atom. The minimum Gasteiger partial charge on any atom is -0.375 e. The van der Waals surface area contributed by atoms with Crippen LogP contribution in [0.2, 0.25) is 0 Å². The van der Waals surface area contributed by atoms with Crippen molar-refractivity contribution in [2.45, 2.75) is 190 Å². The Kier molecular flexibility index (Phi) is 17.7. The topological polar surface area (TPSA) is 382 Å². The van der Waals surface area contributed by atoms with Crippen LogP contribution in [0.4, 0.5) is 0 Å². The van der Waals surface area contributed by atoms with E-state index in [1.165, 1.54) is 0 Å². The highest BCUT2D eigenvalue weighted by molar-refractivity contribution is 7.44. The smallest absolute Gasteiger partial charge is 0.375 e. The molecule has 8 aliphatic rings. The number of hydrogen-bond donors (Lipinski definition) is 0. The van der Waals surface area contributed by atoms with E-state index in [0.29, 0.717) is 29.4 Å². The van der Waals surface area contributed by atoms with Crippen molar-refractivity contribution in [3.8, 4) is 0 Å². The van der Waals surface area contributed by atoms with E-state index in [-0.39, 0.29) is 89.9 Å². The molecule has 8 fully saturated rings. The van der Waals surface area contributed by atoms with E-state index in [4.69, 9.17) is 27.1 Å². The summed E-state index contributed by atoms with van der Waals surface area (Å²) in [5, 5.41) is 0. The first-order chi connectivity index (χ1) is 38.1. The molecule has 0 N–H and O–H groups in total. The van der Waals surface area contributed by atoms with Gasteiger partial charge < -0.3 is 27.1 Å². The molecule has 8 aliphatic heterocycles. The van der Waals surface area contributed by atoms with Gasteiger partial charge in [0.2, 0.25) is 87.9 Å². The van der Waals surface area contributed by atoms with Gasteiger partial charge in [0, 0.05) is 116 Å². The first-order valence-electron chi connectivity index (χ1n) is 26.1. The molecule has 0 spiro atoms. The van der Waals surface area contributed by atoms with Crippen molar-refractivity contribution in [1.29, 1.82) is 0 Å². The van der Waals surface area contributed by atoms with Gasteiger partial charge in [0.15, 0.2) is 0 Å². The van der Waals surface area contributed by atoms with Crippen molar-refractivity contribution in [3.63, 3.8) is 0 Å². The summed E-state index contributed by atoms with van der Waals surface area (Å²) >= 11 is 0. The lowest BCUT2D eigenvalue weighted by Crippen LogP contribution is -2.69. The number of rotatable bonds is 15. The molecular weight excluding hydrogens is 1110 g/mol.